The zero-order valence-electron chi connectivity index (χ0n) is 13.3. The summed E-state index contributed by atoms with van der Waals surface area (Å²) < 4.78 is 0. The molecule has 3 nitrogen and oxygen atoms in total. The summed E-state index contributed by atoms with van der Waals surface area (Å²) in [4.78, 5) is 17.6. The van der Waals surface area contributed by atoms with E-state index in [1.807, 2.05) is 31.2 Å². The Morgan fingerprint density at radius 2 is 2.05 bits per heavy atom. The standard InChI is InChI=1S/C17H22N2OS2/c1-12(2)8-9-18-17(20)14-4-6-16(7-5-14)22-11-15-10-21-13(3)19-15/h4-7,10,12H,8-9,11H2,1-3H3,(H,18,20). The van der Waals surface area contributed by atoms with Crippen LogP contribution in [0.4, 0.5) is 0 Å². The number of thiazole rings is 1. The van der Waals surface area contributed by atoms with Gasteiger partial charge in [-0.05, 0) is 43.5 Å². The number of carbonyl (C=O) groups excluding carboxylic acids is 1. The molecule has 1 aromatic carbocycles. The van der Waals surface area contributed by atoms with Crippen molar-refractivity contribution in [1.29, 1.82) is 0 Å². The fourth-order valence-corrected chi connectivity index (χ4v) is 3.42. The number of carbonyl (C=O) groups is 1. The molecule has 1 heterocycles. The average molecular weight is 335 g/mol. The number of benzene rings is 1. The zero-order valence-corrected chi connectivity index (χ0v) is 14.9. The molecule has 0 atom stereocenters. The molecule has 0 radical (unpaired) electrons. The number of aromatic nitrogens is 1. The Hall–Kier alpha value is -1.33. The van der Waals surface area contributed by atoms with Crippen molar-refractivity contribution < 1.29 is 4.79 Å². The average Bonchev–Trinajstić information content (AvgIpc) is 2.91. The highest BCUT2D eigenvalue weighted by molar-refractivity contribution is 7.98. The maximum absolute atomic E-state index is 12.0. The Morgan fingerprint density at radius 3 is 2.64 bits per heavy atom. The molecule has 118 valence electrons. The Labute approximate surface area is 140 Å². The molecule has 0 bridgehead atoms. The highest BCUT2D eigenvalue weighted by Gasteiger charge is 2.06. The fraction of sp³-hybridized carbons (Fsp3) is 0.412. The van der Waals surface area contributed by atoms with Crippen molar-refractivity contribution in [2.24, 2.45) is 5.92 Å². The molecule has 1 aromatic heterocycles. The molecular formula is C17H22N2OS2. The van der Waals surface area contributed by atoms with Gasteiger partial charge in [0.25, 0.3) is 5.91 Å². The normalized spacial score (nSPS) is 10.9. The van der Waals surface area contributed by atoms with Crippen LogP contribution in [0, 0.1) is 12.8 Å². The Morgan fingerprint density at radius 1 is 1.32 bits per heavy atom. The summed E-state index contributed by atoms with van der Waals surface area (Å²) in [5.74, 6) is 1.48. The predicted molar refractivity (Wildman–Crippen MR) is 94.6 cm³/mol. The number of rotatable bonds is 7. The van der Waals surface area contributed by atoms with Crippen LogP contribution < -0.4 is 5.32 Å². The van der Waals surface area contributed by atoms with Crippen molar-refractivity contribution in [2.75, 3.05) is 6.54 Å². The van der Waals surface area contributed by atoms with Gasteiger partial charge in [-0.2, -0.15) is 0 Å². The highest BCUT2D eigenvalue weighted by atomic mass is 32.2. The third-order valence-electron chi connectivity index (χ3n) is 3.18. The molecule has 1 amide bonds. The molecule has 0 saturated heterocycles. The second kappa shape index (κ2) is 8.34. The van der Waals surface area contributed by atoms with Gasteiger partial charge in [0.1, 0.15) is 0 Å². The smallest absolute Gasteiger partial charge is 0.251 e. The summed E-state index contributed by atoms with van der Waals surface area (Å²) in [5, 5.41) is 6.15. The first-order valence-corrected chi connectivity index (χ1v) is 9.33. The van der Waals surface area contributed by atoms with Crippen LogP contribution in [0.1, 0.15) is 41.3 Å². The van der Waals surface area contributed by atoms with Gasteiger partial charge in [-0.1, -0.05) is 13.8 Å². The molecule has 2 aromatic rings. The van der Waals surface area contributed by atoms with Crippen LogP contribution in [0.15, 0.2) is 34.5 Å². The third-order valence-corrected chi connectivity index (χ3v) is 5.04. The van der Waals surface area contributed by atoms with Crippen molar-refractivity contribution in [1.82, 2.24) is 10.3 Å². The second-order valence-corrected chi connectivity index (χ2v) is 7.72. The van der Waals surface area contributed by atoms with Crippen molar-refractivity contribution in [3.05, 3.63) is 45.9 Å². The van der Waals surface area contributed by atoms with Crippen LogP contribution in [-0.4, -0.2) is 17.4 Å². The maximum Gasteiger partial charge on any atom is 0.251 e. The molecule has 2 rings (SSSR count). The SMILES string of the molecule is Cc1nc(CSc2ccc(C(=O)NCCC(C)C)cc2)cs1. The lowest BCUT2D eigenvalue weighted by Gasteiger charge is -2.07. The van der Waals surface area contributed by atoms with Crippen LogP contribution in [0.3, 0.4) is 0 Å². The largest absolute Gasteiger partial charge is 0.352 e. The monoisotopic (exact) mass is 334 g/mol. The molecule has 5 heteroatoms. The topological polar surface area (TPSA) is 42.0 Å². The number of amides is 1. The number of nitrogens with one attached hydrogen (secondary N) is 1. The van der Waals surface area contributed by atoms with Gasteiger partial charge in [-0.25, -0.2) is 4.98 Å². The van der Waals surface area contributed by atoms with E-state index in [0.717, 1.165) is 39.9 Å². The number of hydrogen-bond acceptors (Lipinski definition) is 4. The minimum absolute atomic E-state index is 0.00678. The molecule has 0 aliphatic carbocycles. The van der Waals surface area contributed by atoms with E-state index < -0.39 is 0 Å². The van der Waals surface area contributed by atoms with Gasteiger partial charge in [-0.15, -0.1) is 23.1 Å². The second-order valence-electron chi connectivity index (χ2n) is 5.61. The molecule has 22 heavy (non-hydrogen) atoms. The van der Waals surface area contributed by atoms with E-state index in [0.29, 0.717) is 5.92 Å². The molecule has 1 N–H and O–H groups in total. The molecule has 0 fully saturated rings. The van der Waals surface area contributed by atoms with E-state index in [1.54, 1.807) is 23.1 Å². The minimum atomic E-state index is 0.00678. The summed E-state index contributed by atoms with van der Waals surface area (Å²) in [6.07, 6.45) is 1.01. The number of nitrogens with zero attached hydrogens (tertiary/aromatic N) is 1. The summed E-state index contributed by atoms with van der Waals surface area (Å²) in [7, 11) is 0. The summed E-state index contributed by atoms with van der Waals surface area (Å²) in [6, 6.07) is 7.78. The van der Waals surface area contributed by atoms with Gasteiger partial charge in [0, 0.05) is 28.1 Å². The van der Waals surface area contributed by atoms with Gasteiger partial charge in [0.15, 0.2) is 0 Å². The van der Waals surface area contributed by atoms with E-state index in [9.17, 15) is 4.79 Å². The van der Waals surface area contributed by atoms with E-state index in [1.165, 1.54) is 0 Å². The Balaban J connectivity index is 1.83. The van der Waals surface area contributed by atoms with E-state index in [-0.39, 0.29) is 5.91 Å². The summed E-state index contributed by atoms with van der Waals surface area (Å²) in [5.41, 5.74) is 1.83. The van der Waals surface area contributed by atoms with Crippen molar-refractivity contribution in [2.45, 2.75) is 37.8 Å². The summed E-state index contributed by atoms with van der Waals surface area (Å²) >= 11 is 3.42. The van der Waals surface area contributed by atoms with Gasteiger partial charge in [-0.3, -0.25) is 4.79 Å². The lowest BCUT2D eigenvalue weighted by atomic mass is 10.1. The van der Waals surface area contributed by atoms with Crippen LogP contribution in [-0.2, 0) is 5.75 Å². The van der Waals surface area contributed by atoms with Crippen molar-refractivity contribution in [3.8, 4) is 0 Å². The molecule has 0 aliphatic heterocycles. The fourth-order valence-electron chi connectivity index (χ4n) is 1.91. The van der Waals surface area contributed by atoms with E-state index in [2.05, 4.69) is 29.5 Å². The molecule has 0 spiro atoms. The Bertz CT molecular complexity index is 605. The number of hydrogen-bond donors (Lipinski definition) is 1. The molecule has 0 aliphatic rings. The molecular weight excluding hydrogens is 312 g/mol. The number of aryl methyl sites for hydroxylation is 1. The number of thioether (sulfide) groups is 1. The summed E-state index contributed by atoms with van der Waals surface area (Å²) in [6.45, 7) is 7.06. The third kappa shape index (κ3) is 5.46. The zero-order chi connectivity index (χ0) is 15.9. The lowest BCUT2D eigenvalue weighted by Crippen LogP contribution is -2.25. The van der Waals surface area contributed by atoms with Crippen LogP contribution in [0.25, 0.3) is 0 Å². The van der Waals surface area contributed by atoms with E-state index >= 15 is 0 Å². The van der Waals surface area contributed by atoms with Gasteiger partial charge in [0.2, 0.25) is 0 Å². The van der Waals surface area contributed by atoms with Crippen LogP contribution >= 0.6 is 23.1 Å². The molecule has 0 saturated carbocycles. The lowest BCUT2D eigenvalue weighted by molar-refractivity contribution is 0.0952. The van der Waals surface area contributed by atoms with E-state index in [4.69, 9.17) is 0 Å². The first kappa shape index (κ1) is 17.0. The van der Waals surface area contributed by atoms with Crippen molar-refractivity contribution >= 4 is 29.0 Å². The maximum atomic E-state index is 12.0. The van der Waals surface area contributed by atoms with Gasteiger partial charge < -0.3 is 5.32 Å². The Kier molecular flexibility index (Phi) is 6.46. The first-order valence-electron chi connectivity index (χ1n) is 7.46. The van der Waals surface area contributed by atoms with Gasteiger partial charge >= 0.3 is 0 Å². The van der Waals surface area contributed by atoms with Crippen LogP contribution in [0.2, 0.25) is 0 Å². The van der Waals surface area contributed by atoms with Gasteiger partial charge in [0.05, 0.1) is 10.7 Å². The highest BCUT2D eigenvalue weighted by Crippen LogP contribution is 2.23. The quantitative estimate of drug-likeness (QED) is 0.757. The minimum Gasteiger partial charge on any atom is -0.352 e. The van der Waals surface area contributed by atoms with Crippen LogP contribution in [0.5, 0.6) is 0 Å². The first-order chi connectivity index (χ1) is 10.5. The van der Waals surface area contributed by atoms with Crippen molar-refractivity contribution in [3.63, 3.8) is 0 Å². The molecule has 0 unspecified atom stereocenters. The predicted octanol–water partition coefficient (Wildman–Crippen LogP) is 4.52.